The van der Waals surface area contributed by atoms with Gasteiger partial charge < -0.3 is 5.73 Å². The number of rotatable bonds is 2. The van der Waals surface area contributed by atoms with Crippen molar-refractivity contribution >= 4 is 17.2 Å². The third kappa shape index (κ3) is 1.89. The second kappa shape index (κ2) is 4.27. The molecule has 0 radical (unpaired) electrons. The van der Waals surface area contributed by atoms with Gasteiger partial charge in [-0.25, -0.2) is 4.98 Å². The highest BCUT2D eigenvalue weighted by molar-refractivity contribution is 7.12. The van der Waals surface area contributed by atoms with Crippen molar-refractivity contribution in [3.63, 3.8) is 0 Å². The molecule has 0 saturated carbocycles. The number of aromatic nitrogens is 3. The van der Waals surface area contributed by atoms with Gasteiger partial charge in [-0.1, -0.05) is 29.8 Å². The topological polar surface area (TPSA) is 56.7 Å². The van der Waals surface area contributed by atoms with Crippen LogP contribution in [0, 0.1) is 6.92 Å². The second-order valence-electron chi connectivity index (χ2n) is 4.05. The SMILES string of the molecule is Cc1ccc(-c2cc(N)n(-c3nccs3)n2)cc1. The summed E-state index contributed by atoms with van der Waals surface area (Å²) >= 11 is 1.51. The quantitative estimate of drug-likeness (QED) is 0.767. The lowest BCUT2D eigenvalue weighted by Gasteiger charge is -1.98. The maximum absolute atomic E-state index is 5.97. The van der Waals surface area contributed by atoms with Gasteiger partial charge in [0.05, 0.1) is 5.69 Å². The summed E-state index contributed by atoms with van der Waals surface area (Å²) < 4.78 is 1.67. The second-order valence-corrected chi connectivity index (χ2v) is 4.92. The number of thiazole rings is 1. The molecule has 0 amide bonds. The molecule has 0 aliphatic carbocycles. The minimum absolute atomic E-state index is 0.598. The predicted molar refractivity (Wildman–Crippen MR) is 73.8 cm³/mol. The molecule has 0 atom stereocenters. The summed E-state index contributed by atoms with van der Waals surface area (Å²) in [4.78, 5) is 4.21. The van der Waals surface area contributed by atoms with Crippen molar-refractivity contribution in [1.82, 2.24) is 14.8 Å². The van der Waals surface area contributed by atoms with Crippen molar-refractivity contribution in [2.45, 2.75) is 6.92 Å². The molecular weight excluding hydrogens is 244 g/mol. The van der Waals surface area contributed by atoms with Crippen LogP contribution >= 0.6 is 11.3 Å². The third-order valence-corrected chi connectivity index (χ3v) is 3.43. The molecule has 2 N–H and O–H groups in total. The number of benzene rings is 1. The smallest absolute Gasteiger partial charge is 0.212 e. The van der Waals surface area contributed by atoms with Crippen LogP contribution in [0.5, 0.6) is 0 Å². The zero-order valence-corrected chi connectivity index (χ0v) is 10.7. The van der Waals surface area contributed by atoms with Gasteiger partial charge in [-0.05, 0) is 6.92 Å². The van der Waals surface area contributed by atoms with E-state index in [1.54, 1.807) is 10.9 Å². The van der Waals surface area contributed by atoms with Crippen LogP contribution < -0.4 is 5.73 Å². The maximum atomic E-state index is 5.97. The van der Waals surface area contributed by atoms with Crippen LogP contribution in [-0.2, 0) is 0 Å². The van der Waals surface area contributed by atoms with E-state index < -0.39 is 0 Å². The monoisotopic (exact) mass is 256 g/mol. The van der Waals surface area contributed by atoms with Gasteiger partial charge in [0.15, 0.2) is 0 Å². The lowest BCUT2D eigenvalue weighted by Crippen LogP contribution is -2.00. The van der Waals surface area contributed by atoms with Crippen molar-refractivity contribution in [3.8, 4) is 16.4 Å². The Morgan fingerprint density at radius 1 is 1.22 bits per heavy atom. The highest BCUT2D eigenvalue weighted by Crippen LogP contribution is 2.23. The number of nitrogen functional groups attached to an aromatic ring is 1. The first kappa shape index (κ1) is 11.0. The van der Waals surface area contributed by atoms with Crippen LogP contribution in [0.25, 0.3) is 16.4 Å². The number of hydrogen-bond acceptors (Lipinski definition) is 4. The van der Waals surface area contributed by atoms with E-state index in [9.17, 15) is 0 Å². The molecule has 0 unspecified atom stereocenters. The highest BCUT2D eigenvalue weighted by Gasteiger charge is 2.09. The van der Waals surface area contributed by atoms with Crippen molar-refractivity contribution < 1.29 is 0 Å². The highest BCUT2D eigenvalue weighted by atomic mass is 32.1. The lowest BCUT2D eigenvalue weighted by molar-refractivity contribution is 0.884. The summed E-state index contributed by atoms with van der Waals surface area (Å²) in [6.45, 7) is 2.06. The zero-order chi connectivity index (χ0) is 12.5. The number of nitrogens with zero attached hydrogens (tertiary/aromatic N) is 3. The van der Waals surface area contributed by atoms with E-state index in [0.717, 1.165) is 16.4 Å². The van der Waals surface area contributed by atoms with Crippen LogP contribution in [0.3, 0.4) is 0 Å². The molecule has 3 aromatic rings. The molecule has 4 nitrogen and oxygen atoms in total. The Balaban J connectivity index is 2.05. The zero-order valence-electron chi connectivity index (χ0n) is 9.87. The van der Waals surface area contributed by atoms with Crippen molar-refractivity contribution in [3.05, 3.63) is 47.5 Å². The molecule has 2 aromatic heterocycles. The van der Waals surface area contributed by atoms with E-state index in [2.05, 4.69) is 29.1 Å². The van der Waals surface area contributed by atoms with Crippen LogP contribution in [0.1, 0.15) is 5.56 Å². The van der Waals surface area contributed by atoms with Crippen molar-refractivity contribution in [1.29, 1.82) is 0 Å². The first-order chi connectivity index (χ1) is 8.74. The predicted octanol–water partition coefficient (Wildman–Crippen LogP) is 2.89. The average molecular weight is 256 g/mol. The normalized spacial score (nSPS) is 10.7. The molecule has 2 heterocycles. The minimum atomic E-state index is 0.598. The molecule has 0 aliphatic rings. The van der Waals surface area contributed by atoms with Crippen molar-refractivity contribution in [2.75, 3.05) is 5.73 Å². The fourth-order valence-electron chi connectivity index (χ4n) is 1.73. The molecule has 0 fully saturated rings. The largest absolute Gasteiger partial charge is 0.383 e. The molecule has 90 valence electrons. The molecule has 3 rings (SSSR count). The molecule has 1 aromatic carbocycles. The fourth-order valence-corrected chi connectivity index (χ4v) is 2.35. The summed E-state index contributed by atoms with van der Waals surface area (Å²) in [6, 6.07) is 10.1. The molecule has 0 spiro atoms. The van der Waals surface area contributed by atoms with Gasteiger partial charge in [0, 0.05) is 23.2 Å². The van der Waals surface area contributed by atoms with Gasteiger partial charge in [-0.15, -0.1) is 11.3 Å². The number of anilines is 1. The van der Waals surface area contributed by atoms with E-state index in [0.29, 0.717) is 5.82 Å². The average Bonchev–Trinajstić information content (AvgIpc) is 2.99. The third-order valence-electron chi connectivity index (χ3n) is 2.68. The van der Waals surface area contributed by atoms with Gasteiger partial charge in [0.2, 0.25) is 5.13 Å². The Morgan fingerprint density at radius 3 is 2.67 bits per heavy atom. The van der Waals surface area contributed by atoms with Crippen LogP contribution in [0.4, 0.5) is 5.82 Å². The van der Waals surface area contributed by atoms with E-state index >= 15 is 0 Å². The molecule has 5 heteroatoms. The summed E-state index contributed by atoms with van der Waals surface area (Å²) in [7, 11) is 0. The number of nitrogens with two attached hydrogens (primary N) is 1. The van der Waals surface area contributed by atoms with Crippen LogP contribution in [0.15, 0.2) is 41.9 Å². The number of hydrogen-bond donors (Lipinski definition) is 1. The molecular formula is C13H12N4S. The van der Waals surface area contributed by atoms with Crippen LogP contribution in [0.2, 0.25) is 0 Å². The Hall–Kier alpha value is -2.14. The van der Waals surface area contributed by atoms with Gasteiger partial charge in [-0.3, -0.25) is 0 Å². The first-order valence-corrected chi connectivity index (χ1v) is 6.44. The Labute approximate surface area is 109 Å². The maximum Gasteiger partial charge on any atom is 0.212 e. The summed E-state index contributed by atoms with van der Waals surface area (Å²) in [6.07, 6.45) is 1.74. The van der Waals surface area contributed by atoms with E-state index in [1.165, 1.54) is 16.9 Å². The molecule has 18 heavy (non-hydrogen) atoms. The Kier molecular flexibility index (Phi) is 2.60. The molecule has 0 bridgehead atoms. The molecule has 0 aliphatic heterocycles. The Morgan fingerprint density at radius 2 is 2.00 bits per heavy atom. The summed E-state index contributed by atoms with van der Waals surface area (Å²) in [5, 5.41) is 7.18. The minimum Gasteiger partial charge on any atom is -0.383 e. The number of aryl methyl sites for hydroxylation is 1. The van der Waals surface area contributed by atoms with Crippen LogP contribution in [-0.4, -0.2) is 14.8 Å². The van der Waals surface area contributed by atoms with Crippen molar-refractivity contribution in [2.24, 2.45) is 0 Å². The summed E-state index contributed by atoms with van der Waals surface area (Å²) in [5.74, 6) is 0.598. The van der Waals surface area contributed by atoms with Gasteiger partial charge in [0.25, 0.3) is 0 Å². The van der Waals surface area contributed by atoms with Gasteiger partial charge in [-0.2, -0.15) is 9.78 Å². The van der Waals surface area contributed by atoms with Gasteiger partial charge in [0.1, 0.15) is 5.82 Å². The summed E-state index contributed by atoms with van der Waals surface area (Å²) in [5.41, 5.74) is 9.12. The fraction of sp³-hybridized carbons (Fsp3) is 0.0769. The first-order valence-electron chi connectivity index (χ1n) is 5.56. The van der Waals surface area contributed by atoms with Gasteiger partial charge >= 0.3 is 0 Å². The lowest BCUT2D eigenvalue weighted by atomic mass is 10.1. The Bertz CT molecular complexity index is 653. The van der Waals surface area contributed by atoms with E-state index in [1.807, 2.05) is 23.6 Å². The molecule has 0 saturated heterocycles. The standard InChI is InChI=1S/C13H12N4S/c1-9-2-4-10(5-3-9)11-8-12(14)17(16-11)13-15-6-7-18-13/h2-8H,14H2,1H3. The van der Waals surface area contributed by atoms with E-state index in [4.69, 9.17) is 5.73 Å². The van der Waals surface area contributed by atoms with E-state index in [-0.39, 0.29) is 0 Å².